The third-order valence-electron chi connectivity index (χ3n) is 2.44. The first-order valence-electron chi connectivity index (χ1n) is 5.25. The average Bonchev–Trinajstić information content (AvgIpc) is 2.18. The Bertz CT molecular complexity index is 352. The normalized spacial score (nSPS) is 14.7. The van der Waals surface area contributed by atoms with Gasteiger partial charge in [0.25, 0.3) is 0 Å². The van der Waals surface area contributed by atoms with Crippen molar-refractivity contribution in [2.75, 3.05) is 0 Å². The van der Waals surface area contributed by atoms with Crippen LogP contribution >= 0.6 is 0 Å². The minimum atomic E-state index is -1.16. The molecule has 0 amide bonds. The van der Waals surface area contributed by atoms with Gasteiger partial charge in [0, 0.05) is 0 Å². The lowest BCUT2D eigenvalue weighted by atomic mass is 9.94. The SMILES string of the molecule is C#CC(C)(O)c1ccc(CC(C)C)cc1. The van der Waals surface area contributed by atoms with Gasteiger partial charge in [-0.1, -0.05) is 44.0 Å². The molecule has 0 bridgehead atoms. The Kier molecular flexibility index (Phi) is 3.55. The van der Waals surface area contributed by atoms with E-state index in [1.165, 1.54) is 5.56 Å². The largest absolute Gasteiger partial charge is 0.374 e. The summed E-state index contributed by atoms with van der Waals surface area (Å²) in [7, 11) is 0. The molecule has 0 aromatic heterocycles. The minimum absolute atomic E-state index is 0.643. The van der Waals surface area contributed by atoms with Crippen LogP contribution in [0.15, 0.2) is 24.3 Å². The lowest BCUT2D eigenvalue weighted by Gasteiger charge is -2.17. The first-order valence-corrected chi connectivity index (χ1v) is 5.25. The second-order valence-electron chi connectivity index (χ2n) is 4.51. The first kappa shape index (κ1) is 11.8. The molecule has 0 aliphatic rings. The van der Waals surface area contributed by atoms with Crippen LogP contribution in [0.5, 0.6) is 0 Å². The molecule has 80 valence electrons. The van der Waals surface area contributed by atoms with Crippen LogP contribution < -0.4 is 0 Å². The van der Waals surface area contributed by atoms with Crippen molar-refractivity contribution in [3.8, 4) is 12.3 Å². The van der Waals surface area contributed by atoms with Gasteiger partial charge in [0.05, 0.1) is 0 Å². The van der Waals surface area contributed by atoms with Gasteiger partial charge in [0.15, 0.2) is 0 Å². The van der Waals surface area contributed by atoms with Crippen molar-refractivity contribution in [1.82, 2.24) is 0 Å². The summed E-state index contributed by atoms with van der Waals surface area (Å²) in [6, 6.07) is 7.86. The quantitative estimate of drug-likeness (QED) is 0.747. The smallest absolute Gasteiger partial charge is 0.147 e. The molecule has 1 atom stereocenters. The molecule has 1 heteroatoms. The predicted octanol–water partition coefficient (Wildman–Crippen LogP) is 2.73. The summed E-state index contributed by atoms with van der Waals surface area (Å²) in [5.74, 6) is 3.02. The lowest BCUT2D eigenvalue weighted by molar-refractivity contribution is 0.122. The van der Waals surface area contributed by atoms with E-state index in [2.05, 4.69) is 19.8 Å². The van der Waals surface area contributed by atoms with Gasteiger partial charge in [-0.05, 0) is 30.4 Å². The molecule has 0 saturated heterocycles. The van der Waals surface area contributed by atoms with Gasteiger partial charge < -0.3 is 5.11 Å². The van der Waals surface area contributed by atoms with Gasteiger partial charge in [-0.2, -0.15) is 0 Å². The third-order valence-corrected chi connectivity index (χ3v) is 2.44. The standard InChI is InChI=1S/C14H18O/c1-5-14(4,15)13-8-6-12(7-9-13)10-11(2)3/h1,6-9,11,15H,10H2,2-4H3. The summed E-state index contributed by atoms with van der Waals surface area (Å²) in [6.07, 6.45) is 6.31. The number of rotatable bonds is 3. The molecule has 15 heavy (non-hydrogen) atoms. The van der Waals surface area contributed by atoms with Gasteiger partial charge in [-0.3, -0.25) is 0 Å². The predicted molar refractivity (Wildman–Crippen MR) is 63.4 cm³/mol. The molecule has 1 aromatic rings. The van der Waals surface area contributed by atoms with Crippen LogP contribution in [0.3, 0.4) is 0 Å². The van der Waals surface area contributed by atoms with E-state index in [9.17, 15) is 5.11 Å². The Hall–Kier alpha value is -1.26. The Labute approximate surface area is 92.1 Å². The molecule has 1 unspecified atom stereocenters. The number of terminal acetylenes is 1. The van der Waals surface area contributed by atoms with Crippen LogP contribution in [0.4, 0.5) is 0 Å². The molecular weight excluding hydrogens is 184 g/mol. The van der Waals surface area contributed by atoms with E-state index >= 15 is 0 Å². The monoisotopic (exact) mass is 202 g/mol. The maximum absolute atomic E-state index is 9.83. The van der Waals surface area contributed by atoms with Crippen molar-refractivity contribution in [3.05, 3.63) is 35.4 Å². The average molecular weight is 202 g/mol. The highest BCUT2D eigenvalue weighted by Crippen LogP contribution is 2.20. The molecule has 1 N–H and O–H groups in total. The van der Waals surface area contributed by atoms with Crippen molar-refractivity contribution in [2.45, 2.75) is 32.8 Å². The Morgan fingerprint density at radius 3 is 2.27 bits per heavy atom. The van der Waals surface area contributed by atoms with E-state index < -0.39 is 5.60 Å². The van der Waals surface area contributed by atoms with Crippen LogP contribution in [0.1, 0.15) is 31.9 Å². The summed E-state index contributed by atoms with van der Waals surface area (Å²) in [5, 5.41) is 9.83. The second-order valence-corrected chi connectivity index (χ2v) is 4.51. The highest BCUT2D eigenvalue weighted by Gasteiger charge is 2.18. The molecule has 0 spiro atoms. The fraction of sp³-hybridized carbons (Fsp3) is 0.429. The maximum atomic E-state index is 9.83. The van der Waals surface area contributed by atoms with E-state index in [1.54, 1.807) is 6.92 Å². The number of hydrogen-bond donors (Lipinski definition) is 1. The van der Waals surface area contributed by atoms with Gasteiger partial charge in [-0.15, -0.1) is 6.42 Å². The summed E-state index contributed by atoms with van der Waals surface area (Å²) >= 11 is 0. The number of hydrogen-bond acceptors (Lipinski definition) is 1. The molecule has 1 rings (SSSR count). The van der Waals surface area contributed by atoms with E-state index in [-0.39, 0.29) is 0 Å². The Morgan fingerprint density at radius 2 is 1.87 bits per heavy atom. The second kappa shape index (κ2) is 4.51. The van der Waals surface area contributed by atoms with Gasteiger partial charge >= 0.3 is 0 Å². The zero-order valence-electron chi connectivity index (χ0n) is 9.62. The molecule has 0 radical (unpaired) electrons. The van der Waals surface area contributed by atoms with Gasteiger partial charge in [0.2, 0.25) is 0 Å². The topological polar surface area (TPSA) is 20.2 Å². The van der Waals surface area contributed by atoms with Crippen molar-refractivity contribution >= 4 is 0 Å². The van der Waals surface area contributed by atoms with Gasteiger partial charge in [0.1, 0.15) is 5.60 Å². The zero-order chi connectivity index (χ0) is 11.5. The molecule has 0 aliphatic heterocycles. The van der Waals surface area contributed by atoms with Crippen LogP contribution in [-0.2, 0) is 12.0 Å². The zero-order valence-corrected chi connectivity index (χ0v) is 9.62. The lowest BCUT2D eigenvalue weighted by Crippen LogP contribution is -2.17. The Morgan fingerprint density at radius 1 is 1.33 bits per heavy atom. The summed E-state index contributed by atoms with van der Waals surface area (Å²) < 4.78 is 0. The summed E-state index contributed by atoms with van der Waals surface area (Å²) in [4.78, 5) is 0. The maximum Gasteiger partial charge on any atom is 0.147 e. The molecule has 1 aromatic carbocycles. The molecular formula is C14H18O. The number of benzene rings is 1. The summed E-state index contributed by atoms with van der Waals surface area (Å²) in [6.45, 7) is 6.00. The minimum Gasteiger partial charge on any atom is -0.374 e. The van der Waals surface area contributed by atoms with E-state index in [1.807, 2.05) is 24.3 Å². The van der Waals surface area contributed by atoms with E-state index in [0.717, 1.165) is 12.0 Å². The summed E-state index contributed by atoms with van der Waals surface area (Å²) in [5.41, 5.74) is 0.898. The fourth-order valence-electron chi connectivity index (χ4n) is 1.52. The van der Waals surface area contributed by atoms with Crippen molar-refractivity contribution < 1.29 is 5.11 Å². The van der Waals surface area contributed by atoms with Crippen LogP contribution in [0.25, 0.3) is 0 Å². The van der Waals surface area contributed by atoms with Crippen molar-refractivity contribution in [1.29, 1.82) is 0 Å². The van der Waals surface area contributed by atoms with Gasteiger partial charge in [-0.25, -0.2) is 0 Å². The van der Waals surface area contributed by atoms with E-state index in [0.29, 0.717) is 5.92 Å². The van der Waals surface area contributed by atoms with Crippen molar-refractivity contribution in [2.24, 2.45) is 5.92 Å². The molecule has 0 saturated carbocycles. The van der Waals surface area contributed by atoms with Crippen LogP contribution in [0.2, 0.25) is 0 Å². The highest BCUT2D eigenvalue weighted by atomic mass is 16.3. The highest BCUT2D eigenvalue weighted by molar-refractivity contribution is 5.32. The molecule has 0 aliphatic carbocycles. The van der Waals surface area contributed by atoms with Crippen molar-refractivity contribution in [3.63, 3.8) is 0 Å². The van der Waals surface area contributed by atoms with Crippen LogP contribution in [-0.4, -0.2) is 5.11 Å². The first-order chi connectivity index (χ1) is 6.95. The fourth-order valence-corrected chi connectivity index (χ4v) is 1.52. The van der Waals surface area contributed by atoms with E-state index in [4.69, 9.17) is 6.42 Å². The molecule has 0 heterocycles. The molecule has 0 fully saturated rings. The third kappa shape index (κ3) is 3.11. The number of aliphatic hydroxyl groups is 1. The molecule has 1 nitrogen and oxygen atoms in total. The Balaban J connectivity index is 2.87. The van der Waals surface area contributed by atoms with Crippen LogP contribution in [0, 0.1) is 18.3 Å².